The third-order valence-electron chi connectivity index (χ3n) is 3.65. The Morgan fingerprint density at radius 3 is 1.59 bits per heavy atom. The van der Waals surface area contributed by atoms with Crippen molar-refractivity contribution in [3.8, 4) is 0 Å². The van der Waals surface area contributed by atoms with E-state index in [4.69, 9.17) is 5.73 Å². The van der Waals surface area contributed by atoms with E-state index < -0.39 is 0 Å². The maximum absolute atomic E-state index is 6.19. The quantitative estimate of drug-likeness (QED) is 0.670. The van der Waals surface area contributed by atoms with Gasteiger partial charge < -0.3 is 5.73 Å². The Balaban J connectivity index is 4.27. The summed E-state index contributed by atoms with van der Waals surface area (Å²) in [5.74, 6) is 1.56. The van der Waals surface area contributed by atoms with E-state index >= 15 is 0 Å². The minimum absolute atomic E-state index is 0.314. The first-order valence-corrected chi connectivity index (χ1v) is 7.38. The van der Waals surface area contributed by atoms with E-state index in [0.717, 1.165) is 18.3 Å². The van der Waals surface area contributed by atoms with Crippen LogP contribution in [0.25, 0.3) is 0 Å². The Hall–Kier alpha value is -0.0800. The first-order chi connectivity index (χ1) is 7.88. The van der Waals surface area contributed by atoms with Crippen molar-refractivity contribution in [2.75, 3.05) is 13.1 Å². The second kappa shape index (κ2) is 8.93. The molecule has 0 aromatic carbocycles. The lowest BCUT2D eigenvalue weighted by Crippen LogP contribution is -2.46. The van der Waals surface area contributed by atoms with Crippen LogP contribution in [0.5, 0.6) is 0 Å². The minimum Gasteiger partial charge on any atom is -0.326 e. The fourth-order valence-electron chi connectivity index (χ4n) is 1.98. The fraction of sp³-hybridized carbons (Fsp3) is 1.00. The summed E-state index contributed by atoms with van der Waals surface area (Å²) in [4.78, 5) is 2.59. The van der Waals surface area contributed by atoms with Crippen molar-refractivity contribution >= 4 is 0 Å². The first-order valence-electron chi connectivity index (χ1n) is 7.38. The summed E-state index contributed by atoms with van der Waals surface area (Å²) in [7, 11) is 0. The molecule has 0 amide bonds. The smallest absolute Gasteiger partial charge is 0.0218 e. The third-order valence-corrected chi connectivity index (χ3v) is 3.65. The molecule has 104 valence electrons. The van der Waals surface area contributed by atoms with E-state index in [1.165, 1.54) is 25.9 Å². The van der Waals surface area contributed by atoms with Crippen molar-refractivity contribution in [3.05, 3.63) is 0 Å². The molecule has 0 aromatic heterocycles. The molecule has 17 heavy (non-hydrogen) atoms. The first kappa shape index (κ1) is 16.9. The largest absolute Gasteiger partial charge is 0.326 e. The van der Waals surface area contributed by atoms with Crippen LogP contribution in [-0.2, 0) is 0 Å². The van der Waals surface area contributed by atoms with Gasteiger partial charge in [-0.3, -0.25) is 4.90 Å². The number of nitrogens with zero attached hydrogens (tertiary/aromatic N) is 1. The summed E-state index contributed by atoms with van der Waals surface area (Å²) >= 11 is 0. The van der Waals surface area contributed by atoms with Crippen molar-refractivity contribution < 1.29 is 0 Å². The van der Waals surface area contributed by atoms with Gasteiger partial charge in [0.05, 0.1) is 0 Å². The highest BCUT2D eigenvalue weighted by Crippen LogP contribution is 2.12. The highest BCUT2D eigenvalue weighted by molar-refractivity contribution is 4.78. The Bertz CT molecular complexity index is 166. The van der Waals surface area contributed by atoms with Gasteiger partial charge in [0.1, 0.15) is 0 Å². The predicted molar refractivity (Wildman–Crippen MR) is 78.2 cm³/mol. The van der Waals surface area contributed by atoms with E-state index in [9.17, 15) is 0 Å². The summed E-state index contributed by atoms with van der Waals surface area (Å²) in [6, 6.07) is 0.826. The molecule has 0 bridgehead atoms. The van der Waals surface area contributed by atoms with Crippen molar-refractivity contribution in [2.45, 2.75) is 72.9 Å². The van der Waals surface area contributed by atoms with Crippen molar-refractivity contribution in [1.82, 2.24) is 4.90 Å². The van der Waals surface area contributed by atoms with E-state index in [1.54, 1.807) is 0 Å². The van der Waals surface area contributed by atoms with Gasteiger partial charge >= 0.3 is 0 Å². The molecule has 0 aliphatic heterocycles. The van der Waals surface area contributed by atoms with Gasteiger partial charge in [0.25, 0.3) is 0 Å². The van der Waals surface area contributed by atoms with E-state index in [1.807, 2.05) is 0 Å². The molecule has 0 fully saturated rings. The SMILES string of the molecule is CCC(N)C(C)N(CCC(C)C)CCC(C)C. The average Bonchev–Trinajstić information content (AvgIpc) is 2.26. The van der Waals surface area contributed by atoms with E-state index in [0.29, 0.717) is 12.1 Å². The lowest BCUT2D eigenvalue weighted by atomic mass is 10.0. The highest BCUT2D eigenvalue weighted by atomic mass is 15.2. The molecular weight excluding hydrogens is 208 g/mol. The monoisotopic (exact) mass is 242 g/mol. The molecule has 0 spiro atoms. The Morgan fingerprint density at radius 1 is 0.882 bits per heavy atom. The van der Waals surface area contributed by atoms with Gasteiger partial charge in [-0.05, 0) is 51.1 Å². The third kappa shape index (κ3) is 7.77. The summed E-state index contributed by atoms with van der Waals surface area (Å²) in [5, 5.41) is 0. The van der Waals surface area contributed by atoms with Crippen LogP contribution in [0.4, 0.5) is 0 Å². The zero-order chi connectivity index (χ0) is 13.4. The molecule has 0 saturated heterocycles. The topological polar surface area (TPSA) is 29.3 Å². The number of nitrogens with two attached hydrogens (primary N) is 1. The molecule has 0 saturated carbocycles. The molecule has 0 radical (unpaired) electrons. The van der Waals surface area contributed by atoms with Crippen LogP contribution < -0.4 is 5.73 Å². The maximum Gasteiger partial charge on any atom is 0.0218 e. The standard InChI is InChI=1S/C15H34N2/c1-7-15(16)14(6)17(10-8-12(2)3)11-9-13(4)5/h12-15H,7-11,16H2,1-6H3. The van der Waals surface area contributed by atoms with Gasteiger partial charge in [0.2, 0.25) is 0 Å². The zero-order valence-corrected chi connectivity index (χ0v) is 12.9. The lowest BCUT2D eigenvalue weighted by molar-refractivity contribution is 0.164. The molecule has 2 N–H and O–H groups in total. The van der Waals surface area contributed by atoms with Crippen LogP contribution in [-0.4, -0.2) is 30.1 Å². The molecule has 2 unspecified atom stereocenters. The molecule has 0 aliphatic carbocycles. The van der Waals surface area contributed by atoms with Gasteiger partial charge in [-0.25, -0.2) is 0 Å². The Labute approximate surface area is 109 Å². The number of hydrogen-bond donors (Lipinski definition) is 1. The zero-order valence-electron chi connectivity index (χ0n) is 12.9. The summed E-state index contributed by atoms with van der Waals surface area (Å²) < 4.78 is 0. The molecule has 0 aliphatic rings. The predicted octanol–water partition coefficient (Wildman–Crippen LogP) is 3.51. The van der Waals surface area contributed by atoms with Gasteiger partial charge in [-0.1, -0.05) is 34.6 Å². The molecule has 2 atom stereocenters. The highest BCUT2D eigenvalue weighted by Gasteiger charge is 2.19. The van der Waals surface area contributed by atoms with Crippen LogP contribution >= 0.6 is 0 Å². The van der Waals surface area contributed by atoms with Crippen LogP contribution in [0, 0.1) is 11.8 Å². The van der Waals surface area contributed by atoms with Crippen LogP contribution in [0.1, 0.15) is 60.8 Å². The molecule has 2 heteroatoms. The van der Waals surface area contributed by atoms with Gasteiger partial charge in [0, 0.05) is 12.1 Å². The summed E-state index contributed by atoms with van der Waals surface area (Å²) in [5.41, 5.74) is 6.19. The second-order valence-corrected chi connectivity index (χ2v) is 6.21. The van der Waals surface area contributed by atoms with Crippen molar-refractivity contribution in [3.63, 3.8) is 0 Å². The minimum atomic E-state index is 0.314. The second-order valence-electron chi connectivity index (χ2n) is 6.21. The maximum atomic E-state index is 6.19. The van der Waals surface area contributed by atoms with Gasteiger partial charge in [-0.15, -0.1) is 0 Å². The molecule has 0 heterocycles. The normalized spacial score (nSPS) is 15.9. The van der Waals surface area contributed by atoms with Crippen molar-refractivity contribution in [1.29, 1.82) is 0 Å². The molecule has 2 nitrogen and oxygen atoms in total. The summed E-state index contributed by atoms with van der Waals surface area (Å²) in [6.45, 7) is 16.0. The Morgan fingerprint density at radius 2 is 1.29 bits per heavy atom. The van der Waals surface area contributed by atoms with E-state index in [-0.39, 0.29) is 0 Å². The Kier molecular flexibility index (Phi) is 8.89. The van der Waals surface area contributed by atoms with Gasteiger partial charge in [-0.2, -0.15) is 0 Å². The number of hydrogen-bond acceptors (Lipinski definition) is 2. The van der Waals surface area contributed by atoms with Crippen LogP contribution in [0.15, 0.2) is 0 Å². The fourth-order valence-corrected chi connectivity index (χ4v) is 1.98. The van der Waals surface area contributed by atoms with E-state index in [2.05, 4.69) is 46.4 Å². The number of rotatable bonds is 9. The molecule has 0 rings (SSSR count). The average molecular weight is 242 g/mol. The molecule has 0 aromatic rings. The van der Waals surface area contributed by atoms with Crippen molar-refractivity contribution in [2.24, 2.45) is 17.6 Å². The molecular formula is C15H34N2. The van der Waals surface area contributed by atoms with Crippen LogP contribution in [0.3, 0.4) is 0 Å². The van der Waals surface area contributed by atoms with Gasteiger partial charge in [0.15, 0.2) is 0 Å². The van der Waals surface area contributed by atoms with Crippen LogP contribution in [0.2, 0.25) is 0 Å². The lowest BCUT2D eigenvalue weighted by Gasteiger charge is -2.33. The summed E-state index contributed by atoms with van der Waals surface area (Å²) in [6.07, 6.45) is 3.62.